The Hall–Kier alpha value is -2.14. The Labute approximate surface area is 147 Å². The van der Waals surface area contributed by atoms with Gasteiger partial charge in [-0.05, 0) is 55.9 Å². The quantitative estimate of drug-likeness (QED) is 0.591. The number of hydrogen-bond donors (Lipinski definition) is 3. The van der Waals surface area contributed by atoms with Gasteiger partial charge in [0.25, 0.3) is 5.91 Å². The number of carbonyl (C=O) groups excluding carboxylic acids is 1. The molecule has 0 spiro atoms. The first-order chi connectivity index (χ1) is 11.5. The molecule has 2 N–H and O–H groups in total. The molecule has 3 rings (SSSR count). The summed E-state index contributed by atoms with van der Waals surface area (Å²) in [6.45, 7) is 3.76. The molecule has 1 heterocycles. The number of aromatic nitrogens is 1. The summed E-state index contributed by atoms with van der Waals surface area (Å²) >= 11 is 4.42. The highest BCUT2D eigenvalue weighted by Crippen LogP contribution is 2.29. The molecule has 0 aliphatic heterocycles. The third-order valence-corrected chi connectivity index (χ3v) is 5.01. The first-order valence-corrected chi connectivity index (χ1v) is 8.57. The summed E-state index contributed by atoms with van der Waals surface area (Å²) in [5, 5.41) is 11.3. The van der Waals surface area contributed by atoms with Crippen molar-refractivity contribution < 1.29 is 4.79 Å². The third kappa shape index (κ3) is 3.22. The van der Waals surface area contributed by atoms with Crippen LogP contribution in [-0.2, 0) is 11.2 Å². The number of pyridine rings is 1. The van der Waals surface area contributed by atoms with Gasteiger partial charge in [0, 0.05) is 10.6 Å². The molecule has 2 aromatic rings. The van der Waals surface area contributed by atoms with Crippen molar-refractivity contribution in [2.45, 2.75) is 44.0 Å². The van der Waals surface area contributed by atoms with E-state index in [2.05, 4.69) is 35.1 Å². The molecule has 124 valence electrons. The van der Waals surface area contributed by atoms with Gasteiger partial charge >= 0.3 is 0 Å². The lowest BCUT2D eigenvalue weighted by molar-refractivity contribution is -0.115. The van der Waals surface area contributed by atoms with Gasteiger partial charge in [0.15, 0.2) is 0 Å². The van der Waals surface area contributed by atoms with Crippen LogP contribution in [0.1, 0.15) is 47.0 Å². The van der Waals surface area contributed by atoms with Crippen molar-refractivity contribution in [1.29, 1.82) is 5.41 Å². The Morgan fingerprint density at radius 1 is 1.33 bits per heavy atom. The van der Waals surface area contributed by atoms with Crippen molar-refractivity contribution in [2.75, 3.05) is 0 Å². The lowest BCUT2D eigenvalue weighted by Gasteiger charge is -2.26. The third-order valence-electron chi connectivity index (χ3n) is 4.45. The van der Waals surface area contributed by atoms with Gasteiger partial charge in [0.2, 0.25) is 0 Å². The number of nitrogens with zero attached hydrogens (tertiary/aromatic N) is 1. The predicted molar refractivity (Wildman–Crippen MR) is 98.1 cm³/mol. The minimum Gasteiger partial charge on any atom is -0.344 e. The number of rotatable bonds is 3. The molecule has 1 aliphatic rings. The molecule has 1 unspecified atom stereocenters. The molecule has 1 aromatic heterocycles. The van der Waals surface area contributed by atoms with E-state index in [1.165, 1.54) is 5.56 Å². The number of fused-ring (bicyclic) bond motifs is 1. The molecule has 5 heteroatoms. The predicted octanol–water partition coefficient (Wildman–Crippen LogP) is 3.55. The normalized spacial score (nSPS) is 16.4. The minimum atomic E-state index is -0.399. The maximum absolute atomic E-state index is 12.6. The lowest BCUT2D eigenvalue weighted by atomic mass is 9.87. The number of aryl methyl sites for hydroxylation is 3. The average Bonchev–Trinajstić information content (AvgIpc) is 2.57. The first kappa shape index (κ1) is 16.7. The summed E-state index contributed by atoms with van der Waals surface area (Å²) in [5.74, 6) is -0.399. The van der Waals surface area contributed by atoms with E-state index in [1.807, 2.05) is 32.0 Å². The molecule has 1 aliphatic carbocycles. The Morgan fingerprint density at radius 2 is 2.08 bits per heavy atom. The van der Waals surface area contributed by atoms with Gasteiger partial charge < -0.3 is 5.32 Å². The number of nitrogens with one attached hydrogen (secondary N) is 2. The largest absolute Gasteiger partial charge is 0.344 e. The van der Waals surface area contributed by atoms with Crippen LogP contribution >= 0.6 is 12.6 Å². The monoisotopic (exact) mass is 339 g/mol. The van der Waals surface area contributed by atoms with E-state index in [0.717, 1.165) is 36.1 Å². The Balaban J connectivity index is 1.83. The Morgan fingerprint density at radius 3 is 2.88 bits per heavy atom. The van der Waals surface area contributed by atoms with Crippen LogP contribution < -0.4 is 5.32 Å². The fourth-order valence-electron chi connectivity index (χ4n) is 3.25. The zero-order chi connectivity index (χ0) is 17.3. The van der Waals surface area contributed by atoms with Crippen LogP contribution in [0.2, 0.25) is 0 Å². The maximum atomic E-state index is 12.6. The molecule has 24 heavy (non-hydrogen) atoms. The van der Waals surface area contributed by atoms with Crippen molar-refractivity contribution in [3.63, 3.8) is 0 Å². The summed E-state index contributed by atoms with van der Waals surface area (Å²) in [4.78, 5) is 17.5. The Bertz CT molecular complexity index is 816. The van der Waals surface area contributed by atoms with E-state index in [9.17, 15) is 4.79 Å². The van der Waals surface area contributed by atoms with Crippen molar-refractivity contribution in [2.24, 2.45) is 0 Å². The van der Waals surface area contributed by atoms with Crippen LogP contribution in [0.3, 0.4) is 0 Å². The molecule has 1 aromatic carbocycles. The van der Waals surface area contributed by atoms with Gasteiger partial charge in [0.05, 0.1) is 6.04 Å². The van der Waals surface area contributed by atoms with Crippen molar-refractivity contribution >= 4 is 24.2 Å². The van der Waals surface area contributed by atoms with E-state index in [4.69, 9.17) is 5.41 Å². The van der Waals surface area contributed by atoms with Gasteiger partial charge in [-0.15, -0.1) is 12.6 Å². The summed E-state index contributed by atoms with van der Waals surface area (Å²) in [7, 11) is 0. The molecule has 0 radical (unpaired) electrons. The van der Waals surface area contributed by atoms with Gasteiger partial charge in [-0.2, -0.15) is 0 Å². The molecular weight excluding hydrogens is 318 g/mol. The van der Waals surface area contributed by atoms with Crippen LogP contribution in [-0.4, -0.2) is 16.6 Å². The second-order valence-corrected chi connectivity index (χ2v) is 6.72. The molecule has 0 saturated carbocycles. The van der Waals surface area contributed by atoms with Gasteiger partial charge in [-0.3, -0.25) is 15.2 Å². The van der Waals surface area contributed by atoms with E-state index in [1.54, 1.807) is 0 Å². The molecule has 0 saturated heterocycles. The van der Waals surface area contributed by atoms with Gasteiger partial charge in [-0.25, -0.2) is 0 Å². The van der Waals surface area contributed by atoms with Crippen LogP contribution in [0.25, 0.3) is 0 Å². The Kier molecular flexibility index (Phi) is 4.71. The second kappa shape index (κ2) is 6.77. The highest BCUT2D eigenvalue weighted by molar-refractivity contribution is 7.80. The van der Waals surface area contributed by atoms with E-state index in [0.29, 0.717) is 10.6 Å². The number of thiol groups is 1. The fraction of sp³-hybridized carbons (Fsp3) is 0.316. The van der Waals surface area contributed by atoms with Crippen molar-refractivity contribution in [1.82, 2.24) is 10.3 Å². The molecule has 0 fully saturated rings. The van der Waals surface area contributed by atoms with Crippen LogP contribution in [0, 0.1) is 19.3 Å². The maximum Gasteiger partial charge on any atom is 0.271 e. The van der Waals surface area contributed by atoms with Crippen molar-refractivity contribution in [3.05, 3.63) is 58.4 Å². The van der Waals surface area contributed by atoms with E-state index >= 15 is 0 Å². The summed E-state index contributed by atoms with van der Waals surface area (Å²) in [6.07, 6.45) is 2.97. The number of amides is 1. The first-order valence-electron chi connectivity index (χ1n) is 8.12. The van der Waals surface area contributed by atoms with Crippen LogP contribution in [0.15, 0.2) is 35.2 Å². The van der Waals surface area contributed by atoms with Crippen LogP contribution in [0.5, 0.6) is 0 Å². The fourth-order valence-corrected chi connectivity index (χ4v) is 3.47. The zero-order valence-corrected chi connectivity index (χ0v) is 14.8. The highest BCUT2D eigenvalue weighted by atomic mass is 32.1. The van der Waals surface area contributed by atoms with Gasteiger partial charge in [0.1, 0.15) is 11.4 Å². The SMILES string of the molecule is Cc1cc(C)c(S)c(C(=N)C(=O)NC2CCCc3ccccc32)n1. The van der Waals surface area contributed by atoms with E-state index < -0.39 is 5.91 Å². The summed E-state index contributed by atoms with van der Waals surface area (Å²) in [6, 6.07) is 10.0. The smallest absolute Gasteiger partial charge is 0.271 e. The number of hydrogen-bond acceptors (Lipinski definition) is 4. The molecular formula is C19H21N3OS. The average molecular weight is 339 g/mol. The summed E-state index contributed by atoms with van der Waals surface area (Å²) in [5.41, 5.74) is 4.35. The standard InChI is InChI=1S/C19H21N3OS/c1-11-10-12(2)21-17(18(11)24)16(20)19(23)22-15-9-5-7-13-6-3-4-8-14(13)15/h3-4,6,8,10,15,20,24H,5,7,9H2,1-2H3,(H,22,23). The van der Waals surface area contributed by atoms with Gasteiger partial charge in [-0.1, -0.05) is 24.3 Å². The second-order valence-electron chi connectivity index (χ2n) is 6.27. The lowest BCUT2D eigenvalue weighted by Crippen LogP contribution is -2.36. The summed E-state index contributed by atoms with van der Waals surface area (Å²) < 4.78 is 0. The molecule has 1 atom stereocenters. The molecule has 4 nitrogen and oxygen atoms in total. The number of carbonyl (C=O) groups is 1. The van der Waals surface area contributed by atoms with Crippen LogP contribution in [0.4, 0.5) is 0 Å². The minimum absolute atomic E-state index is 0.0444. The topological polar surface area (TPSA) is 65.8 Å². The van der Waals surface area contributed by atoms with Crippen molar-refractivity contribution in [3.8, 4) is 0 Å². The van der Waals surface area contributed by atoms with E-state index in [-0.39, 0.29) is 11.8 Å². The molecule has 0 bridgehead atoms. The number of benzene rings is 1. The highest BCUT2D eigenvalue weighted by Gasteiger charge is 2.25. The zero-order valence-electron chi connectivity index (χ0n) is 13.9. The molecule has 1 amide bonds.